The van der Waals surface area contributed by atoms with E-state index in [1.54, 1.807) is 13.8 Å². The number of carbonyl (C=O) groups excluding carboxylic acids is 2. The van der Waals surface area contributed by atoms with Crippen LogP contribution in [0.15, 0.2) is 0 Å². The molecule has 116 valence electrons. The number of rotatable bonds is 6. The van der Waals surface area contributed by atoms with E-state index >= 15 is 0 Å². The van der Waals surface area contributed by atoms with Crippen LogP contribution < -0.4 is 16.4 Å². The summed E-state index contributed by atoms with van der Waals surface area (Å²) in [5.74, 6) is 0.506. The second-order valence-electron chi connectivity index (χ2n) is 5.36. The number of imide groups is 1. The summed E-state index contributed by atoms with van der Waals surface area (Å²) >= 11 is 0. The van der Waals surface area contributed by atoms with Crippen LogP contribution in [0.4, 0.5) is 4.79 Å². The number of nitrogens with two attached hydrogens (primary N) is 1. The van der Waals surface area contributed by atoms with Crippen molar-refractivity contribution >= 4 is 11.9 Å². The highest BCUT2D eigenvalue weighted by molar-refractivity contribution is 5.96. The van der Waals surface area contributed by atoms with Crippen LogP contribution in [0.1, 0.15) is 39.5 Å². The van der Waals surface area contributed by atoms with E-state index in [4.69, 9.17) is 10.5 Å². The fraction of sp³-hybridized carbons (Fsp3) is 0.857. The number of hydrogen-bond donors (Lipinski definition) is 3. The largest absolute Gasteiger partial charge is 0.368 e. The van der Waals surface area contributed by atoms with Gasteiger partial charge in [0.15, 0.2) is 0 Å². The number of carbonyl (C=O) groups is 2. The lowest BCUT2D eigenvalue weighted by Crippen LogP contribution is -2.44. The van der Waals surface area contributed by atoms with Crippen molar-refractivity contribution in [3.63, 3.8) is 0 Å². The Labute approximate surface area is 120 Å². The summed E-state index contributed by atoms with van der Waals surface area (Å²) < 4.78 is 5.61. The van der Waals surface area contributed by atoms with Crippen molar-refractivity contribution in [1.82, 2.24) is 10.6 Å². The van der Waals surface area contributed by atoms with Gasteiger partial charge in [-0.15, -0.1) is 0 Å². The summed E-state index contributed by atoms with van der Waals surface area (Å²) in [4.78, 5) is 23.0. The molecule has 0 aliphatic heterocycles. The number of nitrogens with one attached hydrogen (secondary N) is 2. The van der Waals surface area contributed by atoms with Gasteiger partial charge in [-0.3, -0.25) is 10.1 Å². The predicted octanol–water partition coefficient (Wildman–Crippen LogP) is 1.00. The number of ether oxygens (including phenoxy) is 1. The topological polar surface area (TPSA) is 93.5 Å². The highest BCUT2D eigenvalue weighted by Gasteiger charge is 2.26. The molecule has 0 aromatic carbocycles. The lowest BCUT2D eigenvalue weighted by Gasteiger charge is -2.31. The molecule has 0 aromatic rings. The molecule has 1 rings (SSSR count). The van der Waals surface area contributed by atoms with Crippen LogP contribution in [-0.2, 0) is 9.53 Å². The molecule has 4 N–H and O–H groups in total. The van der Waals surface area contributed by atoms with Crippen molar-refractivity contribution < 1.29 is 14.3 Å². The molecule has 3 unspecified atom stereocenters. The number of hydrogen-bond acceptors (Lipinski definition) is 4. The maximum absolute atomic E-state index is 11.7. The molecule has 3 amide bonds. The quantitative estimate of drug-likeness (QED) is 0.678. The van der Waals surface area contributed by atoms with Gasteiger partial charge in [0.05, 0.1) is 6.61 Å². The van der Waals surface area contributed by atoms with E-state index in [1.807, 2.05) is 0 Å². The summed E-state index contributed by atoms with van der Waals surface area (Å²) in [6.07, 6.45) is 4.05. The Kier molecular flexibility index (Phi) is 7.54. The third-order valence-corrected chi connectivity index (χ3v) is 3.87. The highest BCUT2D eigenvalue weighted by atomic mass is 16.5. The molecule has 3 atom stereocenters. The molecule has 0 bridgehead atoms. The van der Waals surface area contributed by atoms with Crippen molar-refractivity contribution in [2.24, 2.45) is 17.6 Å². The monoisotopic (exact) mass is 285 g/mol. The zero-order valence-corrected chi connectivity index (χ0v) is 12.5. The Morgan fingerprint density at radius 2 is 1.95 bits per heavy atom. The van der Waals surface area contributed by atoms with Gasteiger partial charge >= 0.3 is 6.03 Å². The van der Waals surface area contributed by atoms with Crippen molar-refractivity contribution in [3.8, 4) is 0 Å². The maximum atomic E-state index is 11.7. The zero-order chi connectivity index (χ0) is 15.0. The van der Waals surface area contributed by atoms with E-state index in [-0.39, 0.29) is 0 Å². The molecule has 1 saturated carbocycles. The molecular formula is C14H27N3O3. The Morgan fingerprint density at radius 3 is 2.55 bits per heavy atom. The Morgan fingerprint density at radius 1 is 1.30 bits per heavy atom. The first-order valence-corrected chi connectivity index (χ1v) is 7.48. The smallest absolute Gasteiger partial charge is 0.321 e. The molecule has 0 spiro atoms. The van der Waals surface area contributed by atoms with Gasteiger partial charge in [0.2, 0.25) is 0 Å². The van der Waals surface area contributed by atoms with Crippen LogP contribution in [0.25, 0.3) is 0 Å². The van der Waals surface area contributed by atoms with Crippen molar-refractivity contribution in [2.45, 2.75) is 45.6 Å². The summed E-state index contributed by atoms with van der Waals surface area (Å²) in [7, 11) is 0. The van der Waals surface area contributed by atoms with Crippen molar-refractivity contribution in [1.29, 1.82) is 0 Å². The molecular weight excluding hydrogens is 258 g/mol. The van der Waals surface area contributed by atoms with Gasteiger partial charge in [0, 0.05) is 6.54 Å². The van der Waals surface area contributed by atoms with Crippen molar-refractivity contribution in [2.75, 3.05) is 19.7 Å². The van der Waals surface area contributed by atoms with E-state index in [1.165, 1.54) is 12.8 Å². The number of urea groups is 1. The Bertz CT molecular complexity index is 323. The fourth-order valence-corrected chi connectivity index (χ4v) is 2.58. The lowest BCUT2D eigenvalue weighted by atomic mass is 9.80. The van der Waals surface area contributed by atoms with Crippen LogP contribution >= 0.6 is 0 Å². The summed E-state index contributed by atoms with van der Waals surface area (Å²) in [6, 6.07) is -0.481. The van der Waals surface area contributed by atoms with Crippen LogP contribution in [0.3, 0.4) is 0 Å². The van der Waals surface area contributed by atoms with E-state index < -0.39 is 18.0 Å². The minimum atomic E-state index is -0.627. The fourth-order valence-electron chi connectivity index (χ4n) is 2.58. The van der Waals surface area contributed by atoms with Gasteiger partial charge in [-0.2, -0.15) is 0 Å². The van der Waals surface area contributed by atoms with E-state index in [0.717, 1.165) is 12.8 Å². The molecule has 6 heteroatoms. The average molecular weight is 285 g/mol. The standard InChI is InChI=1S/C14H27N3O3/c1-3-16-14(19)17-13(18)10(2)20-9-12-7-5-4-6-11(12)8-15/h10-12H,3-9,15H2,1-2H3,(H2,16,17,18,19). The van der Waals surface area contributed by atoms with Crippen LogP contribution in [0, 0.1) is 11.8 Å². The summed E-state index contributed by atoms with van der Waals surface area (Å²) in [5, 5.41) is 4.76. The predicted molar refractivity (Wildman–Crippen MR) is 77.1 cm³/mol. The minimum absolute atomic E-state index is 0.406. The van der Waals surface area contributed by atoms with E-state index in [9.17, 15) is 9.59 Å². The van der Waals surface area contributed by atoms with E-state index in [0.29, 0.717) is 31.5 Å². The molecule has 6 nitrogen and oxygen atoms in total. The first-order chi connectivity index (χ1) is 9.58. The molecule has 0 radical (unpaired) electrons. The highest BCUT2D eigenvalue weighted by Crippen LogP contribution is 2.29. The van der Waals surface area contributed by atoms with Gasteiger partial charge in [-0.05, 0) is 45.1 Å². The number of amides is 3. The van der Waals surface area contributed by atoms with Gasteiger partial charge in [0.1, 0.15) is 6.10 Å². The first-order valence-electron chi connectivity index (χ1n) is 7.48. The second kappa shape index (κ2) is 8.92. The van der Waals surface area contributed by atoms with Gasteiger partial charge in [0.25, 0.3) is 5.91 Å². The molecule has 0 heterocycles. The first kappa shape index (κ1) is 16.9. The van der Waals surface area contributed by atoms with Gasteiger partial charge in [-0.25, -0.2) is 4.79 Å². The summed E-state index contributed by atoms with van der Waals surface area (Å²) in [5.41, 5.74) is 5.77. The molecule has 0 saturated heterocycles. The molecule has 1 aliphatic rings. The third-order valence-electron chi connectivity index (χ3n) is 3.87. The molecule has 0 aromatic heterocycles. The van der Waals surface area contributed by atoms with Gasteiger partial charge in [-0.1, -0.05) is 12.8 Å². The third kappa shape index (κ3) is 5.46. The van der Waals surface area contributed by atoms with Crippen LogP contribution in [0.2, 0.25) is 0 Å². The average Bonchev–Trinajstić information content (AvgIpc) is 2.45. The van der Waals surface area contributed by atoms with E-state index in [2.05, 4.69) is 10.6 Å². The SMILES string of the molecule is CCNC(=O)NC(=O)C(C)OCC1CCCCC1CN. The zero-order valence-electron chi connectivity index (χ0n) is 12.5. The Balaban J connectivity index is 2.32. The van der Waals surface area contributed by atoms with Gasteiger partial charge < -0.3 is 15.8 Å². The van der Waals surface area contributed by atoms with Crippen molar-refractivity contribution in [3.05, 3.63) is 0 Å². The maximum Gasteiger partial charge on any atom is 0.321 e. The van der Waals surface area contributed by atoms with Crippen LogP contribution in [0.5, 0.6) is 0 Å². The van der Waals surface area contributed by atoms with Crippen LogP contribution in [-0.4, -0.2) is 37.7 Å². The minimum Gasteiger partial charge on any atom is -0.368 e. The lowest BCUT2D eigenvalue weighted by molar-refractivity contribution is -0.132. The molecule has 1 aliphatic carbocycles. The molecule has 20 heavy (non-hydrogen) atoms. The normalized spacial score (nSPS) is 23.9. The molecule has 1 fully saturated rings. The Hall–Kier alpha value is -1.14. The summed E-state index contributed by atoms with van der Waals surface area (Å²) in [6.45, 7) is 5.14. The second-order valence-corrected chi connectivity index (χ2v) is 5.36.